The maximum absolute atomic E-state index is 13.0. The first-order valence-electron chi connectivity index (χ1n) is 11.8. The van der Waals surface area contributed by atoms with Gasteiger partial charge in [-0.1, -0.05) is 25.2 Å². The summed E-state index contributed by atoms with van der Waals surface area (Å²) in [7, 11) is -8.71. The monoisotopic (exact) mass is 584 g/mol. The first-order chi connectivity index (χ1) is 18.8. The van der Waals surface area contributed by atoms with Crippen LogP contribution in [0.3, 0.4) is 0 Å². The van der Waals surface area contributed by atoms with Crippen molar-refractivity contribution < 1.29 is 30.7 Å². The fraction of sp³-hybridized carbons (Fsp3) is 0.115. The zero-order valence-corrected chi connectivity index (χ0v) is 22.8. The number of hydrogen-bond donors (Lipinski definition) is 3. The standard InChI is InChI=1S/C26H24N4O8S2/c1-3-24-23(26(32)30(28-24)19-11-15-21(16-12-19)40(36,37)38)8-6-4-5-7-22-17(2)27-29(25(22)31)18-9-13-20(14-10-18)39(33,34)35/h4-16,27H,3H2,1-2H3,(H,33,34,35)(H,36,37,38)/b6-4+,7-5+,23-8+. The number of aromatic amines is 1. The van der Waals surface area contributed by atoms with Crippen LogP contribution in [0.5, 0.6) is 0 Å². The van der Waals surface area contributed by atoms with E-state index in [9.17, 15) is 26.4 Å². The van der Waals surface area contributed by atoms with Crippen LogP contribution in [0.15, 0.2) is 98.1 Å². The Morgan fingerprint density at radius 3 is 1.93 bits per heavy atom. The predicted octanol–water partition coefficient (Wildman–Crippen LogP) is 3.28. The maximum atomic E-state index is 13.0. The maximum Gasteiger partial charge on any atom is 0.294 e. The molecule has 1 aliphatic rings. The van der Waals surface area contributed by atoms with E-state index in [4.69, 9.17) is 9.11 Å². The Hall–Kier alpha value is -4.37. The van der Waals surface area contributed by atoms with Gasteiger partial charge in [0.05, 0.1) is 38.0 Å². The Balaban J connectivity index is 1.51. The van der Waals surface area contributed by atoms with Gasteiger partial charge in [-0.15, -0.1) is 0 Å². The lowest BCUT2D eigenvalue weighted by atomic mass is 10.1. The summed E-state index contributed by atoms with van der Waals surface area (Å²) >= 11 is 0. The Bertz CT molecular complexity index is 1860. The predicted molar refractivity (Wildman–Crippen MR) is 149 cm³/mol. The van der Waals surface area contributed by atoms with E-state index in [2.05, 4.69) is 10.2 Å². The van der Waals surface area contributed by atoms with Crippen molar-refractivity contribution in [2.45, 2.75) is 30.1 Å². The van der Waals surface area contributed by atoms with E-state index < -0.39 is 26.1 Å². The van der Waals surface area contributed by atoms with Crippen LogP contribution < -0.4 is 10.6 Å². The minimum Gasteiger partial charge on any atom is -0.295 e. The van der Waals surface area contributed by atoms with Crippen molar-refractivity contribution in [2.75, 3.05) is 5.01 Å². The normalized spacial score (nSPS) is 15.6. The quantitative estimate of drug-likeness (QED) is 0.205. The zero-order valence-electron chi connectivity index (χ0n) is 21.2. The lowest BCUT2D eigenvalue weighted by Gasteiger charge is -2.11. The van der Waals surface area contributed by atoms with Gasteiger partial charge in [0.1, 0.15) is 0 Å². The van der Waals surface area contributed by atoms with Crippen molar-refractivity contribution in [1.29, 1.82) is 0 Å². The fourth-order valence-electron chi connectivity index (χ4n) is 3.89. The molecular weight excluding hydrogens is 560 g/mol. The van der Waals surface area contributed by atoms with E-state index in [0.717, 1.165) is 5.01 Å². The molecule has 0 fully saturated rings. The van der Waals surface area contributed by atoms with Gasteiger partial charge in [-0.2, -0.15) is 26.9 Å². The summed E-state index contributed by atoms with van der Waals surface area (Å²) in [6, 6.07) is 10.2. The van der Waals surface area contributed by atoms with Gasteiger partial charge < -0.3 is 0 Å². The van der Waals surface area contributed by atoms with Crippen LogP contribution >= 0.6 is 0 Å². The number of aryl methyl sites for hydroxylation is 1. The number of nitrogens with zero attached hydrogens (tertiary/aromatic N) is 3. The summed E-state index contributed by atoms with van der Waals surface area (Å²) < 4.78 is 64.5. The van der Waals surface area contributed by atoms with E-state index in [1.165, 1.54) is 53.2 Å². The minimum absolute atomic E-state index is 0.290. The second-order valence-corrected chi connectivity index (χ2v) is 11.4. The lowest BCUT2D eigenvalue weighted by molar-refractivity contribution is -0.114. The van der Waals surface area contributed by atoms with Gasteiger partial charge in [-0.3, -0.25) is 23.8 Å². The summed E-state index contributed by atoms with van der Waals surface area (Å²) in [6.07, 6.45) is 8.51. The molecule has 2 aromatic carbocycles. The van der Waals surface area contributed by atoms with Gasteiger partial charge in [0.25, 0.3) is 31.7 Å². The first kappa shape index (κ1) is 28.6. The van der Waals surface area contributed by atoms with E-state index in [-0.39, 0.29) is 15.4 Å². The number of anilines is 1. The molecule has 12 nitrogen and oxygen atoms in total. The van der Waals surface area contributed by atoms with E-state index in [1.807, 2.05) is 6.92 Å². The van der Waals surface area contributed by atoms with Gasteiger partial charge in [0.15, 0.2) is 0 Å². The summed E-state index contributed by atoms with van der Waals surface area (Å²) in [4.78, 5) is 25.3. The molecule has 3 aromatic rings. The number of carbonyl (C=O) groups is 1. The van der Waals surface area contributed by atoms with E-state index in [1.54, 1.807) is 37.3 Å². The van der Waals surface area contributed by atoms with Gasteiger partial charge in [-0.05, 0) is 74.0 Å². The van der Waals surface area contributed by atoms with Gasteiger partial charge in [0, 0.05) is 5.69 Å². The van der Waals surface area contributed by atoms with Gasteiger partial charge in [-0.25, -0.2) is 4.68 Å². The molecule has 0 saturated heterocycles. The molecule has 1 aromatic heterocycles. The molecule has 1 amide bonds. The third kappa shape index (κ3) is 5.94. The molecule has 14 heteroatoms. The minimum atomic E-state index is -4.36. The summed E-state index contributed by atoms with van der Waals surface area (Å²) in [5.74, 6) is -0.408. The highest BCUT2D eigenvalue weighted by molar-refractivity contribution is 7.86. The van der Waals surface area contributed by atoms with Crippen LogP contribution in [0.4, 0.5) is 5.69 Å². The number of nitrogens with one attached hydrogen (secondary N) is 1. The van der Waals surface area contributed by atoms with Crippen molar-refractivity contribution in [1.82, 2.24) is 9.78 Å². The SMILES string of the molecule is CCC1=NN(c2ccc(S(=O)(=O)O)cc2)C(=O)/C1=C/C=C/C=C/c1c(C)[nH]n(-c2ccc(S(=O)(=O)O)cc2)c1=O. The van der Waals surface area contributed by atoms with Crippen molar-refractivity contribution in [3.63, 3.8) is 0 Å². The van der Waals surface area contributed by atoms with Crippen molar-refractivity contribution in [2.24, 2.45) is 5.10 Å². The molecule has 0 radical (unpaired) electrons. The Labute approximate surface area is 229 Å². The van der Waals surface area contributed by atoms with Crippen molar-refractivity contribution in [3.8, 4) is 5.69 Å². The molecule has 0 atom stereocenters. The highest BCUT2D eigenvalue weighted by atomic mass is 32.2. The number of carbonyl (C=O) groups excluding carboxylic acids is 1. The van der Waals surface area contributed by atoms with E-state index >= 15 is 0 Å². The number of aromatic nitrogens is 2. The topological polar surface area (TPSA) is 179 Å². The number of allylic oxidation sites excluding steroid dienone is 4. The molecule has 0 saturated carbocycles. The summed E-state index contributed by atoms with van der Waals surface area (Å²) in [6.45, 7) is 3.54. The highest BCUT2D eigenvalue weighted by Crippen LogP contribution is 2.26. The van der Waals surface area contributed by atoms with Crippen LogP contribution in [0, 0.1) is 6.92 Å². The third-order valence-electron chi connectivity index (χ3n) is 5.93. The highest BCUT2D eigenvalue weighted by Gasteiger charge is 2.29. The average Bonchev–Trinajstić information content (AvgIpc) is 3.38. The van der Waals surface area contributed by atoms with Crippen molar-refractivity contribution in [3.05, 3.63) is 100 Å². The molecule has 0 bridgehead atoms. The molecular formula is C26H24N4O8S2. The number of amides is 1. The molecule has 3 N–H and O–H groups in total. The van der Waals surface area contributed by atoms with Crippen LogP contribution in [0.1, 0.15) is 24.6 Å². The molecule has 2 heterocycles. The second kappa shape index (κ2) is 11.0. The zero-order chi connectivity index (χ0) is 29.2. The molecule has 0 unspecified atom stereocenters. The van der Waals surface area contributed by atoms with Crippen molar-refractivity contribution >= 4 is 43.6 Å². The van der Waals surface area contributed by atoms with Gasteiger partial charge in [0.2, 0.25) is 0 Å². The van der Waals surface area contributed by atoms with Crippen LogP contribution in [0.2, 0.25) is 0 Å². The first-order valence-corrected chi connectivity index (χ1v) is 14.6. The molecule has 40 heavy (non-hydrogen) atoms. The number of benzene rings is 2. The summed E-state index contributed by atoms with van der Waals surface area (Å²) in [5, 5.41) is 8.39. The average molecular weight is 585 g/mol. The smallest absolute Gasteiger partial charge is 0.294 e. The van der Waals surface area contributed by atoms with Gasteiger partial charge >= 0.3 is 0 Å². The molecule has 0 spiro atoms. The Morgan fingerprint density at radius 1 is 0.850 bits per heavy atom. The third-order valence-corrected chi connectivity index (χ3v) is 7.66. The van der Waals surface area contributed by atoms with Crippen LogP contribution in [-0.2, 0) is 25.0 Å². The number of hydrazone groups is 1. The van der Waals surface area contributed by atoms with E-state index in [0.29, 0.717) is 40.3 Å². The summed E-state index contributed by atoms with van der Waals surface area (Å²) in [5.41, 5.74) is 2.15. The van der Waals surface area contributed by atoms with Crippen LogP contribution in [-0.4, -0.2) is 47.3 Å². The fourth-order valence-corrected chi connectivity index (χ4v) is 4.85. The Kier molecular flexibility index (Phi) is 7.88. The second-order valence-electron chi connectivity index (χ2n) is 8.57. The molecule has 4 rings (SSSR count). The number of H-pyrrole nitrogens is 1. The molecule has 1 aliphatic heterocycles. The van der Waals surface area contributed by atoms with Crippen LogP contribution in [0.25, 0.3) is 11.8 Å². The largest absolute Gasteiger partial charge is 0.295 e. The lowest BCUT2D eigenvalue weighted by Crippen LogP contribution is -2.21. The molecule has 208 valence electrons. The Morgan fingerprint density at radius 2 is 1.40 bits per heavy atom. The number of hydrogen-bond acceptors (Lipinski definition) is 7. The molecule has 0 aliphatic carbocycles. The number of rotatable bonds is 8.